The Hall–Kier alpha value is -0.283. The van der Waals surface area contributed by atoms with Crippen LogP contribution < -0.4 is 17.0 Å². The highest BCUT2D eigenvalue weighted by molar-refractivity contribution is 6.74. The zero-order chi connectivity index (χ0) is 8.48. The molecular formula is C8H17ClN2Si. The molecule has 2 nitrogen and oxygen atoms in total. The molecule has 4 heteroatoms. The Morgan fingerprint density at radius 2 is 1.92 bits per heavy atom. The summed E-state index contributed by atoms with van der Waals surface area (Å²) in [4.78, 5) is 0. The third-order valence-electron chi connectivity index (χ3n) is 1.48. The Morgan fingerprint density at radius 1 is 1.33 bits per heavy atom. The first kappa shape index (κ1) is 11.7. The second-order valence-electron chi connectivity index (χ2n) is 4.31. The van der Waals surface area contributed by atoms with Crippen LogP contribution in [0.3, 0.4) is 0 Å². The minimum absolute atomic E-state index is 0. The smallest absolute Gasteiger partial charge is 0.243 e. The predicted molar refractivity (Wildman–Crippen MR) is 49.0 cm³/mol. The van der Waals surface area contributed by atoms with E-state index in [9.17, 15) is 0 Å². The third-order valence-corrected chi connectivity index (χ3v) is 2.79. The molecule has 0 amide bonds. The molecule has 0 aliphatic rings. The lowest BCUT2D eigenvalue weighted by Crippen LogP contribution is -3.00. The minimum Gasteiger partial charge on any atom is -1.00 e. The molecule has 1 aromatic heterocycles. The highest BCUT2D eigenvalue weighted by Gasteiger charge is 2.17. The van der Waals surface area contributed by atoms with Crippen molar-refractivity contribution >= 4 is 8.07 Å². The summed E-state index contributed by atoms with van der Waals surface area (Å²) < 4.78 is 4.35. The van der Waals surface area contributed by atoms with Gasteiger partial charge in [-0.05, 0) is 0 Å². The predicted octanol–water partition coefficient (Wildman–Crippen LogP) is -1.81. The third kappa shape index (κ3) is 3.92. The quantitative estimate of drug-likeness (QED) is 0.397. The van der Waals surface area contributed by atoms with Gasteiger partial charge in [-0.1, -0.05) is 19.6 Å². The number of hydrogen-bond donors (Lipinski definition) is 0. The summed E-state index contributed by atoms with van der Waals surface area (Å²) in [5.41, 5.74) is 0. The van der Waals surface area contributed by atoms with Gasteiger partial charge in [-0.15, -0.1) is 0 Å². The number of aromatic nitrogens is 2. The lowest BCUT2D eigenvalue weighted by molar-refractivity contribution is -0.671. The summed E-state index contributed by atoms with van der Waals surface area (Å²) in [6.45, 7) is 7.15. The summed E-state index contributed by atoms with van der Waals surface area (Å²) in [6, 6.07) is 0. The van der Waals surface area contributed by atoms with Crippen LogP contribution in [0, 0.1) is 0 Å². The maximum Gasteiger partial charge on any atom is 0.243 e. The molecule has 0 aromatic carbocycles. The molecule has 0 radical (unpaired) electrons. The number of hydrogen-bond acceptors (Lipinski definition) is 0. The van der Waals surface area contributed by atoms with Crippen molar-refractivity contribution in [1.82, 2.24) is 4.57 Å². The van der Waals surface area contributed by atoms with Crippen LogP contribution in [-0.4, -0.2) is 12.6 Å². The molecule has 1 rings (SSSR count). The van der Waals surface area contributed by atoms with E-state index in [1.165, 1.54) is 6.17 Å². The van der Waals surface area contributed by atoms with Crippen molar-refractivity contribution in [3.05, 3.63) is 18.7 Å². The van der Waals surface area contributed by atoms with E-state index in [4.69, 9.17) is 0 Å². The van der Waals surface area contributed by atoms with Gasteiger partial charge in [-0.3, -0.25) is 0 Å². The Morgan fingerprint density at radius 3 is 2.25 bits per heavy atom. The summed E-state index contributed by atoms with van der Waals surface area (Å²) >= 11 is 0. The average molecular weight is 205 g/mol. The first-order valence-corrected chi connectivity index (χ1v) is 7.69. The van der Waals surface area contributed by atoms with E-state index >= 15 is 0 Å². The van der Waals surface area contributed by atoms with Crippen molar-refractivity contribution in [3.63, 3.8) is 0 Å². The largest absolute Gasteiger partial charge is 1.00 e. The first-order chi connectivity index (χ1) is 4.97. The van der Waals surface area contributed by atoms with Gasteiger partial charge < -0.3 is 12.4 Å². The monoisotopic (exact) mass is 204 g/mol. The van der Waals surface area contributed by atoms with E-state index in [2.05, 4.69) is 54.5 Å². The highest BCUT2D eigenvalue weighted by Crippen LogP contribution is 2.03. The van der Waals surface area contributed by atoms with Crippen molar-refractivity contribution in [2.75, 3.05) is 0 Å². The molecule has 12 heavy (non-hydrogen) atoms. The van der Waals surface area contributed by atoms with Gasteiger partial charge in [0.15, 0.2) is 0 Å². The summed E-state index contributed by atoms with van der Waals surface area (Å²) in [5.74, 6) is 0. The van der Waals surface area contributed by atoms with E-state index in [1.54, 1.807) is 0 Å². The van der Waals surface area contributed by atoms with E-state index in [1.807, 2.05) is 0 Å². The molecule has 0 saturated carbocycles. The van der Waals surface area contributed by atoms with Crippen molar-refractivity contribution in [1.29, 1.82) is 0 Å². The van der Waals surface area contributed by atoms with E-state index in [0.29, 0.717) is 0 Å². The van der Waals surface area contributed by atoms with E-state index < -0.39 is 8.07 Å². The van der Waals surface area contributed by atoms with Crippen molar-refractivity contribution in [2.24, 2.45) is 7.05 Å². The van der Waals surface area contributed by atoms with Crippen molar-refractivity contribution in [2.45, 2.75) is 25.8 Å². The molecule has 0 fully saturated rings. The number of rotatable bonds is 2. The number of halogens is 1. The van der Waals surface area contributed by atoms with Crippen molar-refractivity contribution < 1.29 is 17.0 Å². The molecule has 0 aliphatic carbocycles. The van der Waals surface area contributed by atoms with Crippen LogP contribution in [0.4, 0.5) is 0 Å². The van der Waals surface area contributed by atoms with E-state index in [0.717, 1.165) is 0 Å². The van der Waals surface area contributed by atoms with E-state index in [-0.39, 0.29) is 12.4 Å². The van der Waals surface area contributed by atoms with Gasteiger partial charge in [0.05, 0.1) is 21.3 Å². The van der Waals surface area contributed by atoms with Crippen LogP contribution in [0.25, 0.3) is 0 Å². The maximum absolute atomic E-state index is 2.38. The average Bonchev–Trinajstić information content (AvgIpc) is 2.10. The van der Waals surface area contributed by atoms with Gasteiger partial charge in [-0.25, -0.2) is 9.13 Å². The zero-order valence-electron chi connectivity index (χ0n) is 8.21. The van der Waals surface area contributed by atoms with Crippen LogP contribution >= 0.6 is 0 Å². The van der Waals surface area contributed by atoms with Crippen LogP contribution in [0.2, 0.25) is 19.6 Å². The van der Waals surface area contributed by atoms with Gasteiger partial charge in [0.2, 0.25) is 6.33 Å². The van der Waals surface area contributed by atoms with Gasteiger partial charge in [0.1, 0.15) is 12.4 Å². The van der Waals surface area contributed by atoms with Crippen molar-refractivity contribution in [3.8, 4) is 0 Å². The van der Waals surface area contributed by atoms with Gasteiger partial charge >= 0.3 is 0 Å². The first-order valence-electron chi connectivity index (χ1n) is 3.98. The summed E-state index contributed by atoms with van der Waals surface area (Å²) in [5, 5.41) is 0. The van der Waals surface area contributed by atoms with Crippen LogP contribution in [0.5, 0.6) is 0 Å². The molecule has 0 bridgehead atoms. The second-order valence-corrected chi connectivity index (χ2v) is 9.75. The van der Waals surface area contributed by atoms with Gasteiger partial charge in [0.25, 0.3) is 0 Å². The van der Waals surface area contributed by atoms with Gasteiger partial charge in [0, 0.05) is 0 Å². The minimum atomic E-state index is -0.935. The molecule has 1 aromatic rings. The normalized spacial score (nSPS) is 11.0. The van der Waals surface area contributed by atoms with Crippen LogP contribution in [0.1, 0.15) is 0 Å². The molecule has 0 atom stereocenters. The lowest BCUT2D eigenvalue weighted by Gasteiger charge is -2.11. The fourth-order valence-electron chi connectivity index (χ4n) is 1.14. The molecular weight excluding hydrogens is 188 g/mol. The Balaban J connectivity index is 0.00000121. The zero-order valence-corrected chi connectivity index (χ0v) is 9.97. The molecule has 70 valence electrons. The molecule has 1 heterocycles. The van der Waals surface area contributed by atoms with Crippen LogP contribution in [-0.2, 0) is 13.2 Å². The molecule has 0 aliphatic heterocycles. The lowest BCUT2D eigenvalue weighted by atomic mass is 10.9. The summed E-state index contributed by atoms with van der Waals surface area (Å²) in [7, 11) is 1.12. The second kappa shape index (κ2) is 4.10. The molecule has 0 N–H and O–H groups in total. The number of nitrogens with zero attached hydrogens (tertiary/aromatic N) is 2. The fraction of sp³-hybridized carbons (Fsp3) is 0.625. The Labute approximate surface area is 81.6 Å². The highest BCUT2D eigenvalue weighted by atomic mass is 35.5. The topological polar surface area (TPSA) is 8.81 Å². The standard InChI is InChI=1S/C8H17N2Si.ClH/c1-9-5-6-10(7-9)8-11(2,3)4;/h5-7H,8H2,1-4H3;1H/q+1;/p-1. The van der Waals surface area contributed by atoms with Gasteiger partial charge in [-0.2, -0.15) is 0 Å². The number of imidazole rings is 1. The van der Waals surface area contributed by atoms with Crippen LogP contribution in [0.15, 0.2) is 18.7 Å². The molecule has 0 unspecified atom stereocenters. The SMILES string of the molecule is C[n+]1ccn(C[Si](C)(C)C)c1.[Cl-]. The fourth-order valence-corrected chi connectivity index (χ4v) is 2.43. The Bertz CT molecular complexity index is 239. The Kier molecular flexibility index (Phi) is 4.00. The maximum atomic E-state index is 2.38. The molecule has 0 saturated heterocycles. The molecule has 0 spiro atoms. The number of aryl methyl sites for hydroxylation is 1. The summed E-state index contributed by atoms with van der Waals surface area (Å²) in [6.07, 6.45) is 7.57.